The molecule has 1 aromatic carbocycles. The summed E-state index contributed by atoms with van der Waals surface area (Å²) >= 11 is 0. The standard InChI is InChI=1S/C13H21NO3/c1-9(14)5-6-10-7-12(16-3)13(17-4)8-11(10)15-2/h7-9H,5-6,14H2,1-4H3/t9-/m1/s1. The van der Waals surface area contributed by atoms with Gasteiger partial charge in [0.2, 0.25) is 0 Å². The minimum absolute atomic E-state index is 0.174. The SMILES string of the molecule is COc1cc(OC)c(OC)cc1CC[C@@H](C)N. The van der Waals surface area contributed by atoms with Crippen molar-refractivity contribution < 1.29 is 14.2 Å². The van der Waals surface area contributed by atoms with Crippen LogP contribution in [0.25, 0.3) is 0 Å². The first-order valence-electron chi connectivity index (χ1n) is 5.66. The van der Waals surface area contributed by atoms with Crippen LogP contribution in [0.5, 0.6) is 17.2 Å². The summed E-state index contributed by atoms with van der Waals surface area (Å²) in [6, 6.07) is 3.96. The van der Waals surface area contributed by atoms with Gasteiger partial charge in [0.1, 0.15) is 5.75 Å². The van der Waals surface area contributed by atoms with Crippen molar-refractivity contribution in [2.75, 3.05) is 21.3 Å². The lowest BCUT2D eigenvalue weighted by molar-refractivity contribution is 0.347. The van der Waals surface area contributed by atoms with Crippen LogP contribution in [0.4, 0.5) is 0 Å². The van der Waals surface area contributed by atoms with Gasteiger partial charge in [-0.25, -0.2) is 0 Å². The largest absolute Gasteiger partial charge is 0.496 e. The molecule has 0 heterocycles. The number of methoxy groups -OCH3 is 3. The third kappa shape index (κ3) is 3.53. The Morgan fingerprint density at radius 1 is 1.00 bits per heavy atom. The Morgan fingerprint density at radius 2 is 1.53 bits per heavy atom. The van der Waals surface area contributed by atoms with Gasteiger partial charge in [-0.3, -0.25) is 0 Å². The van der Waals surface area contributed by atoms with Crippen molar-refractivity contribution in [1.29, 1.82) is 0 Å². The highest BCUT2D eigenvalue weighted by molar-refractivity contribution is 5.50. The van der Waals surface area contributed by atoms with Crippen molar-refractivity contribution in [2.45, 2.75) is 25.8 Å². The van der Waals surface area contributed by atoms with Crippen LogP contribution in [0.1, 0.15) is 18.9 Å². The Balaban J connectivity index is 3.01. The third-order valence-electron chi connectivity index (χ3n) is 2.66. The molecule has 0 unspecified atom stereocenters. The molecule has 4 nitrogen and oxygen atoms in total. The van der Waals surface area contributed by atoms with E-state index < -0.39 is 0 Å². The highest BCUT2D eigenvalue weighted by Gasteiger charge is 2.11. The topological polar surface area (TPSA) is 53.7 Å². The first-order valence-corrected chi connectivity index (χ1v) is 5.66. The molecule has 4 heteroatoms. The zero-order valence-corrected chi connectivity index (χ0v) is 10.9. The van der Waals surface area contributed by atoms with Crippen LogP contribution in [-0.4, -0.2) is 27.4 Å². The summed E-state index contributed by atoms with van der Waals surface area (Å²) < 4.78 is 15.8. The zero-order valence-electron chi connectivity index (χ0n) is 10.9. The molecule has 2 N–H and O–H groups in total. The van der Waals surface area contributed by atoms with Crippen LogP contribution in [0, 0.1) is 0 Å². The molecule has 1 aromatic rings. The van der Waals surface area contributed by atoms with E-state index in [2.05, 4.69) is 0 Å². The first-order chi connectivity index (χ1) is 8.12. The van der Waals surface area contributed by atoms with E-state index in [0.29, 0.717) is 11.5 Å². The summed E-state index contributed by atoms with van der Waals surface area (Å²) in [6.45, 7) is 1.99. The lowest BCUT2D eigenvalue weighted by atomic mass is 10.0. The van der Waals surface area contributed by atoms with Gasteiger partial charge in [0.15, 0.2) is 11.5 Å². The zero-order chi connectivity index (χ0) is 12.8. The predicted octanol–water partition coefficient (Wildman–Crippen LogP) is 1.99. The number of nitrogens with two attached hydrogens (primary N) is 1. The van der Waals surface area contributed by atoms with Gasteiger partial charge in [0, 0.05) is 12.1 Å². The van der Waals surface area contributed by atoms with E-state index in [1.807, 2.05) is 19.1 Å². The highest BCUT2D eigenvalue weighted by Crippen LogP contribution is 2.35. The Morgan fingerprint density at radius 3 is 2.00 bits per heavy atom. The summed E-state index contributed by atoms with van der Waals surface area (Å²) in [4.78, 5) is 0. The van der Waals surface area contributed by atoms with Crippen molar-refractivity contribution in [2.24, 2.45) is 5.73 Å². The Bertz CT molecular complexity index is 364. The van der Waals surface area contributed by atoms with Crippen LogP contribution in [0.15, 0.2) is 12.1 Å². The molecule has 1 atom stereocenters. The second kappa shape index (κ2) is 6.35. The van der Waals surface area contributed by atoms with E-state index in [4.69, 9.17) is 19.9 Å². The molecule has 0 saturated carbocycles. The van der Waals surface area contributed by atoms with Crippen LogP contribution >= 0.6 is 0 Å². The second-order valence-corrected chi connectivity index (χ2v) is 4.03. The predicted molar refractivity (Wildman–Crippen MR) is 68.1 cm³/mol. The summed E-state index contributed by atoms with van der Waals surface area (Å²) in [5.74, 6) is 2.20. The number of rotatable bonds is 6. The number of ether oxygens (including phenoxy) is 3. The summed E-state index contributed by atoms with van der Waals surface area (Å²) in [5.41, 5.74) is 6.85. The lowest BCUT2D eigenvalue weighted by Gasteiger charge is -2.14. The number of aryl methyl sites for hydroxylation is 1. The molecule has 0 bridgehead atoms. The molecule has 0 aliphatic carbocycles. The van der Waals surface area contributed by atoms with Gasteiger partial charge >= 0.3 is 0 Å². The first kappa shape index (κ1) is 13.6. The van der Waals surface area contributed by atoms with Gasteiger partial charge in [0.25, 0.3) is 0 Å². The van der Waals surface area contributed by atoms with Crippen molar-refractivity contribution in [3.8, 4) is 17.2 Å². The summed E-state index contributed by atoms with van der Waals surface area (Å²) in [6.07, 6.45) is 1.77. The van der Waals surface area contributed by atoms with Gasteiger partial charge in [0.05, 0.1) is 21.3 Å². The fraction of sp³-hybridized carbons (Fsp3) is 0.538. The average Bonchev–Trinajstić information content (AvgIpc) is 2.34. The van der Waals surface area contributed by atoms with Gasteiger partial charge in [-0.2, -0.15) is 0 Å². The summed E-state index contributed by atoms with van der Waals surface area (Å²) in [7, 11) is 4.88. The van der Waals surface area contributed by atoms with E-state index in [-0.39, 0.29) is 6.04 Å². The van der Waals surface area contributed by atoms with Crippen molar-refractivity contribution in [3.05, 3.63) is 17.7 Å². The monoisotopic (exact) mass is 239 g/mol. The van der Waals surface area contributed by atoms with Crippen molar-refractivity contribution in [3.63, 3.8) is 0 Å². The third-order valence-corrected chi connectivity index (χ3v) is 2.66. The number of benzene rings is 1. The van der Waals surface area contributed by atoms with Crippen LogP contribution < -0.4 is 19.9 Å². The van der Waals surface area contributed by atoms with Gasteiger partial charge in [-0.05, 0) is 31.4 Å². The molecule has 96 valence electrons. The molecule has 0 fully saturated rings. The van der Waals surface area contributed by atoms with Gasteiger partial charge in [-0.15, -0.1) is 0 Å². The molecular formula is C13H21NO3. The highest BCUT2D eigenvalue weighted by atomic mass is 16.5. The molecule has 1 rings (SSSR count). The van der Waals surface area contributed by atoms with E-state index in [9.17, 15) is 0 Å². The smallest absolute Gasteiger partial charge is 0.164 e. The molecule has 17 heavy (non-hydrogen) atoms. The maximum Gasteiger partial charge on any atom is 0.164 e. The van der Waals surface area contributed by atoms with E-state index in [1.165, 1.54) is 0 Å². The van der Waals surface area contributed by atoms with E-state index in [0.717, 1.165) is 24.2 Å². The minimum Gasteiger partial charge on any atom is -0.496 e. The maximum absolute atomic E-state index is 5.76. The minimum atomic E-state index is 0.174. The number of hydrogen-bond donors (Lipinski definition) is 1. The molecule has 0 radical (unpaired) electrons. The molecule has 0 aliphatic rings. The van der Waals surface area contributed by atoms with Gasteiger partial charge in [-0.1, -0.05) is 0 Å². The number of hydrogen-bond acceptors (Lipinski definition) is 4. The fourth-order valence-electron chi connectivity index (χ4n) is 1.67. The van der Waals surface area contributed by atoms with Crippen LogP contribution in [-0.2, 0) is 6.42 Å². The molecule has 0 aromatic heterocycles. The summed E-state index contributed by atoms with van der Waals surface area (Å²) in [5, 5.41) is 0. The maximum atomic E-state index is 5.76. The molecule has 0 saturated heterocycles. The van der Waals surface area contributed by atoms with E-state index in [1.54, 1.807) is 21.3 Å². The normalized spacial score (nSPS) is 12.1. The molecule has 0 aliphatic heterocycles. The fourth-order valence-corrected chi connectivity index (χ4v) is 1.67. The molecule has 0 amide bonds. The van der Waals surface area contributed by atoms with Crippen molar-refractivity contribution >= 4 is 0 Å². The van der Waals surface area contributed by atoms with Crippen LogP contribution in [0.2, 0.25) is 0 Å². The van der Waals surface area contributed by atoms with Gasteiger partial charge < -0.3 is 19.9 Å². The average molecular weight is 239 g/mol. The molecule has 0 spiro atoms. The van der Waals surface area contributed by atoms with Crippen LogP contribution in [0.3, 0.4) is 0 Å². The Labute approximate surface area is 103 Å². The second-order valence-electron chi connectivity index (χ2n) is 4.03. The van der Waals surface area contributed by atoms with E-state index >= 15 is 0 Å². The van der Waals surface area contributed by atoms with Crippen molar-refractivity contribution in [1.82, 2.24) is 0 Å². The Kier molecular flexibility index (Phi) is 5.10. The molecular weight excluding hydrogens is 218 g/mol. The Hall–Kier alpha value is -1.42. The quantitative estimate of drug-likeness (QED) is 0.825. The lowest BCUT2D eigenvalue weighted by Crippen LogP contribution is -2.15.